The third kappa shape index (κ3) is 7.93. The highest BCUT2D eigenvalue weighted by atomic mass is 32.2. The van der Waals surface area contributed by atoms with Gasteiger partial charge in [-0.1, -0.05) is 87.0 Å². The quantitative estimate of drug-likeness (QED) is 0.292. The molecule has 1 N–H and O–H groups in total. The Bertz CT molecular complexity index is 1310. The predicted molar refractivity (Wildman–Crippen MR) is 156 cm³/mol. The summed E-state index contributed by atoms with van der Waals surface area (Å²) < 4.78 is 29.0. The number of para-hydroxylation sites is 1. The van der Waals surface area contributed by atoms with E-state index in [1.807, 2.05) is 56.3 Å². The summed E-state index contributed by atoms with van der Waals surface area (Å²) in [5.41, 5.74) is 2.30. The van der Waals surface area contributed by atoms with Crippen LogP contribution in [0.25, 0.3) is 0 Å². The molecule has 0 radical (unpaired) electrons. The molecule has 0 bridgehead atoms. The highest BCUT2D eigenvalue weighted by Crippen LogP contribution is 2.28. The zero-order valence-electron chi connectivity index (χ0n) is 23.0. The standard InChI is InChI=1S/C31H39N3O4S/c1-4-6-22-32-31(36)25(3)33(23-21-26-15-9-7-10-16-26)30(35)24-34(29-20-14-13-17-27(29)5-2)39(37,38)28-18-11-8-12-19-28/h7-20,25H,4-6,21-24H2,1-3H3,(H,32,36). The molecule has 39 heavy (non-hydrogen) atoms. The predicted octanol–water partition coefficient (Wildman–Crippen LogP) is 4.82. The van der Waals surface area contributed by atoms with E-state index in [0.717, 1.165) is 24.0 Å². The van der Waals surface area contributed by atoms with E-state index in [0.29, 0.717) is 25.1 Å². The molecule has 7 nitrogen and oxygen atoms in total. The molecule has 0 aliphatic carbocycles. The second kappa shape index (κ2) is 14.5. The van der Waals surface area contributed by atoms with Crippen LogP contribution in [0.4, 0.5) is 5.69 Å². The van der Waals surface area contributed by atoms with Gasteiger partial charge in [0.25, 0.3) is 10.0 Å². The van der Waals surface area contributed by atoms with Crippen LogP contribution in [0.3, 0.4) is 0 Å². The number of hydrogen-bond acceptors (Lipinski definition) is 4. The largest absolute Gasteiger partial charge is 0.354 e. The van der Waals surface area contributed by atoms with Crippen LogP contribution >= 0.6 is 0 Å². The van der Waals surface area contributed by atoms with E-state index in [-0.39, 0.29) is 17.3 Å². The molecule has 8 heteroatoms. The van der Waals surface area contributed by atoms with Crippen LogP contribution in [-0.4, -0.2) is 50.8 Å². The monoisotopic (exact) mass is 549 g/mol. The molecule has 0 saturated heterocycles. The number of aryl methyl sites for hydroxylation is 1. The number of carbonyl (C=O) groups excluding carboxylic acids is 2. The Kier molecular flexibility index (Phi) is 11.1. The number of sulfonamides is 1. The van der Waals surface area contributed by atoms with Crippen molar-refractivity contribution in [3.8, 4) is 0 Å². The van der Waals surface area contributed by atoms with Gasteiger partial charge in [-0.3, -0.25) is 13.9 Å². The SMILES string of the molecule is CCCCNC(=O)C(C)N(CCc1ccccc1)C(=O)CN(c1ccccc1CC)S(=O)(=O)c1ccccc1. The van der Waals surface area contributed by atoms with Gasteiger partial charge in [0.15, 0.2) is 0 Å². The lowest BCUT2D eigenvalue weighted by molar-refractivity contribution is -0.138. The van der Waals surface area contributed by atoms with Gasteiger partial charge in [0.05, 0.1) is 10.6 Å². The summed E-state index contributed by atoms with van der Waals surface area (Å²) in [5, 5.41) is 2.91. The first kappa shape index (κ1) is 29.9. The molecular formula is C31H39N3O4S. The summed E-state index contributed by atoms with van der Waals surface area (Å²) in [6, 6.07) is 24.3. The van der Waals surface area contributed by atoms with Crippen LogP contribution in [-0.2, 0) is 32.5 Å². The Morgan fingerprint density at radius 2 is 1.49 bits per heavy atom. The minimum atomic E-state index is -4.06. The van der Waals surface area contributed by atoms with E-state index in [2.05, 4.69) is 5.32 Å². The van der Waals surface area contributed by atoms with Crippen LogP contribution in [0.5, 0.6) is 0 Å². The second-order valence-corrected chi connectivity index (χ2v) is 11.3. The van der Waals surface area contributed by atoms with Crippen molar-refractivity contribution in [3.05, 3.63) is 96.1 Å². The van der Waals surface area contributed by atoms with E-state index in [1.54, 1.807) is 37.3 Å². The lowest BCUT2D eigenvalue weighted by Gasteiger charge is -2.32. The molecule has 1 unspecified atom stereocenters. The average molecular weight is 550 g/mol. The number of nitrogens with one attached hydrogen (secondary N) is 1. The van der Waals surface area contributed by atoms with E-state index >= 15 is 0 Å². The first-order chi connectivity index (χ1) is 18.8. The molecule has 0 saturated carbocycles. The van der Waals surface area contributed by atoms with Crippen molar-refractivity contribution in [2.45, 2.75) is 57.4 Å². The number of nitrogens with zero attached hydrogens (tertiary/aromatic N) is 2. The van der Waals surface area contributed by atoms with Crippen molar-refractivity contribution in [2.24, 2.45) is 0 Å². The van der Waals surface area contributed by atoms with Crippen molar-refractivity contribution in [2.75, 3.05) is 23.9 Å². The number of benzene rings is 3. The Labute approximate surface area is 232 Å². The van der Waals surface area contributed by atoms with Crippen LogP contribution in [0, 0.1) is 0 Å². The van der Waals surface area contributed by atoms with Gasteiger partial charge in [0, 0.05) is 13.1 Å². The van der Waals surface area contributed by atoms with Gasteiger partial charge < -0.3 is 10.2 Å². The van der Waals surface area contributed by atoms with Gasteiger partial charge in [0.1, 0.15) is 12.6 Å². The molecule has 2 amide bonds. The lowest BCUT2D eigenvalue weighted by Crippen LogP contribution is -2.52. The van der Waals surface area contributed by atoms with E-state index in [9.17, 15) is 18.0 Å². The Hall–Kier alpha value is -3.65. The number of carbonyl (C=O) groups is 2. The van der Waals surface area contributed by atoms with Crippen LogP contribution in [0.1, 0.15) is 44.7 Å². The first-order valence-corrected chi connectivity index (χ1v) is 15.0. The van der Waals surface area contributed by atoms with Crippen LogP contribution in [0.15, 0.2) is 89.8 Å². The number of hydrogen-bond donors (Lipinski definition) is 1. The fraction of sp³-hybridized carbons (Fsp3) is 0.355. The molecule has 0 heterocycles. The highest BCUT2D eigenvalue weighted by Gasteiger charge is 2.32. The number of anilines is 1. The highest BCUT2D eigenvalue weighted by molar-refractivity contribution is 7.92. The Balaban J connectivity index is 1.97. The molecule has 1 atom stereocenters. The van der Waals surface area contributed by atoms with Crippen molar-refractivity contribution in [1.29, 1.82) is 0 Å². The van der Waals surface area contributed by atoms with Crippen molar-refractivity contribution >= 4 is 27.5 Å². The molecule has 0 spiro atoms. The van der Waals surface area contributed by atoms with Gasteiger partial charge in [-0.05, 0) is 55.5 Å². The molecule has 0 aliphatic rings. The maximum atomic E-state index is 13.9. The molecular weight excluding hydrogens is 510 g/mol. The molecule has 0 fully saturated rings. The Morgan fingerprint density at radius 1 is 0.872 bits per heavy atom. The van der Waals surface area contributed by atoms with E-state index < -0.39 is 28.5 Å². The van der Waals surface area contributed by atoms with Gasteiger partial charge >= 0.3 is 0 Å². The molecule has 208 valence electrons. The first-order valence-electron chi connectivity index (χ1n) is 13.6. The maximum Gasteiger partial charge on any atom is 0.264 e. The molecule has 0 aromatic heterocycles. The summed E-state index contributed by atoms with van der Waals surface area (Å²) in [7, 11) is -4.06. The Morgan fingerprint density at radius 3 is 2.13 bits per heavy atom. The number of unbranched alkanes of at least 4 members (excludes halogenated alkanes) is 1. The topological polar surface area (TPSA) is 86.8 Å². The summed E-state index contributed by atoms with van der Waals surface area (Å²) in [4.78, 5) is 28.6. The smallest absolute Gasteiger partial charge is 0.264 e. The second-order valence-electron chi connectivity index (χ2n) is 9.45. The fourth-order valence-electron chi connectivity index (χ4n) is 4.39. The maximum absolute atomic E-state index is 13.9. The summed E-state index contributed by atoms with van der Waals surface area (Å²) >= 11 is 0. The van der Waals surface area contributed by atoms with Crippen molar-refractivity contribution < 1.29 is 18.0 Å². The van der Waals surface area contributed by atoms with Gasteiger partial charge in [-0.2, -0.15) is 0 Å². The van der Waals surface area contributed by atoms with Crippen molar-refractivity contribution in [3.63, 3.8) is 0 Å². The van der Waals surface area contributed by atoms with Crippen molar-refractivity contribution in [1.82, 2.24) is 10.2 Å². The summed E-state index contributed by atoms with van der Waals surface area (Å²) in [6.07, 6.45) is 2.91. The number of amides is 2. The molecule has 0 aliphatic heterocycles. The zero-order valence-corrected chi connectivity index (χ0v) is 23.9. The zero-order chi connectivity index (χ0) is 28.3. The third-order valence-corrected chi connectivity index (χ3v) is 8.51. The summed E-state index contributed by atoms with van der Waals surface area (Å²) in [6.45, 7) is 6.07. The number of rotatable bonds is 14. The lowest BCUT2D eigenvalue weighted by atomic mass is 10.1. The fourth-order valence-corrected chi connectivity index (χ4v) is 5.87. The normalized spacial score (nSPS) is 12.0. The molecule has 3 aromatic rings. The summed E-state index contributed by atoms with van der Waals surface area (Å²) in [5.74, 6) is -0.689. The minimum absolute atomic E-state index is 0.102. The van der Waals surface area contributed by atoms with Gasteiger partial charge in [-0.25, -0.2) is 8.42 Å². The minimum Gasteiger partial charge on any atom is -0.354 e. The van der Waals surface area contributed by atoms with Gasteiger partial charge in [-0.15, -0.1) is 0 Å². The molecule has 3 rings (SSSR count). The van der Waals surface area contributed by atoms with E-state index in [4.69, 9.17) is 0 Å². The third-order valence-electron chi connectivity index (χ3n) is 6.73. The average Bonchev–Trinajstić information content (AvgIpc) is 2.96. The van der Waals surface area contributed by atoms with Gasteiger partial charge in [0.2, 0.25) is 11.8 Å². The van der Waals surface area contributed by atoms with Crippen LogP contribution < -0.4 is 9.62 Å². The van der Waals surface area contributed by atoms with E-state index in [1.165, 1.54) is 21.3 Å². The van der Waals surface area contributed by atoms with Crippen LogP contribution in [0.2, 0.25) is 0 Å². The molecule has 3 aromatic carbocycles.